The van der Waals surface area contributed by atoms with Crippen LogP contribution in [0.5, 0.6) is 0 Å². The molecule has 0 spiro atoms. The standard InChI is InChI=1S/C14H26N4O/c1-13(12-17-7-4-3-5-8-17)16-14-15-6-9-18(14)10-11-19-2/h6,9,13H,3-5,7-8,10-12H2,1-2H3,(H,15,16). The first kappa shape index (κ1) is 14.3. The summed E-state index contributed by atoms with van der Waals surface area (Å²) in [5.74, 6) is 0.946. The van der Waals surface area contributed by atoms with Crippen molar-refractivity contribution in [1.82, 2.24) is 14.5 Å². The van der Waals surface area contributed by atoms with Crippen molar-refractivity contribution in [3.63, 3.8) is 0 Å². The zero-order chi connectivity index (χ0) is 13.5. The molecule has 1 N–H and O–H groups in total. The van der Waals surface area contributed by atoms with Crippen molar-refractivity contribution in [3.05, 3.63) is 12.4 Å². The molecule has 108 valence electrons. The van der Waals surface area contributed by atoms with Crippen molar-refractivity contribution in [3.8, 4) is 0 Å². The van der Waals surface area contributed by atoms with E-state index in [1.807, 2.05) is 12.4 Å². The van der Waals surface area contributed by atoms with Crippen LogP contribution in [-0.4, -0.2) is 53.8 Å². The molecule has 1 aliphatic heterocycles. The lowest BCUT2D eigenvalue weighted by atomic mass is 10.1. The van der Waals surface area contributed by atoms with Crippen molar-refractivity contribution in [2.24, 2.45) is 0 Å². The molecule has 0 aliphatic carbocycles. The molecule has 0 amide bonds. The number of ether oxygens (including phenoxy) is 1. The molecule has 5 nitrogen and oxygen atoms in total. The number of methoxy groups -OCH3 is 1. The lowest BCUT2D eigenvalue weighted by Gasteiger charge is -2.29. The highest BCUT2D eigenvalue weighted by Crippen LogP contribution is 2.11. The van der Waals surface area contributed by atoms with Gasteiger partial charge in [0.05, 0.1) is 6.61 Å². The number of rotatable bonds is 7. The molecular formula is C14H26N4O. The predicted molar refractivity (Wildman–Crippen MR) is 77.5 cm³/mol. The van der Waals surface area contributed by atoms with E-state index in [1.54, 1.807) is 7.11 Å². The predicted octanol–water partition coefficient (Wildman–Crippen LogP) is 1.82. The number of nitrogens with zero attached hydrogens (tertiary/aromatic N) is 3. The fourth-order valence-electron chi connectivity index (χ4n) is 2.61. The normalized spacial score (nSPS) is 18.4. The van der Waals surface area contributed by atoms with E-state index < -0.39 is 0 Å². The second-order valence-electron chi connectivity index (χ2n) is 5.34. The molecule has 2 rings (SSSR count). The molecule has 1 saturated heterocycles. The van der Waals surface area contributed by atoms with Gasteiger partial charge in [-0.2, -0.15) is 0 Å². The van der Waals surface area contributed by atoms with Crippen LogP contribution in [0.2, 0.25) is 0 Å². The second kappa shape index (κ2) is 7.50. The van der Waals surface area contributed by atoms with Crippen LogP contribution in [0.4, 0.5) is 5.95 Å². The minimum Gasteiger partial charge on any atom is -0.383 e. The van der Waals surface area contributed by atoms with E-state index in [-0.39, 0.29) is 0 Å². The molecule has 19 heavy (non-hydrogen) atoms. The Kier molecular flexibility index (Phi) is 5.66. The monoisotopic (exact) mass is 266 g/mol. The third-order valence-electron chi connectivity index (χ3n) is 3.61. The summed E-state index contributed by atoms with van der Waals surface area (Å²) in [7, 11) is 1.73. The highest BCUT2D eigenvalue weighted by atomic mass is 16.5. The Morgan fingerprint density at radius 3 is 2.89 bits per heavy atom. The smallest absolute Gasteiger partial charge is 0.203 e. The molecule has 1 fully saturated rings. The van der Waals surface area contributed by atoms with Gasteiger partial charge in [0.15, 0.2) is 0 Å². The van der Waals surface area contributed by atoms with Crippen LogP contribution in [0, 0.1) is 0 Å². The summed E-state index contributed by atoms with van der Waals surface area (Å²) in [6.45, 7) is 7.36. The lowest BCUT2D eigenvalue weighted by molar-refractivity contribution is 0.187. The van der Waals surface area contributed by atoms with E-state index >= 15 is 0 Å². The molecule has 0 bridgehead atoms. The third-order valence-corrected chi connectivity index (χ3v) is 3.61. The Hall–Kier alpha value is -1.07. The summed E-state index contributed by atoms with van der Waals surface area (Å²) in [5, 5.41) is 3.50. The maximum Gasteiger partial charge on any atom is 0.203 e. The molecule has 0 saturated carbocycles. The first-order valence-electron chi connectivity index (χ1n) is 7.28. The Morgan fingerprint density at radius 1 is 1.37 bits per heavy atom. The number of nitrogens with one attached hydrogen (secondary N) is 1. The SMILES string of the molecule is COCCn1ccnc1NC(C)CN1CCCCC1. The zero-order valence-corrected chi connectivity index (χ0v) is 12.1. The van der Waals surface area contributed by atoms with Crippen LogP contribution < -0.4 is 5.32 Å². The maximum absolute atomic E-state index is 5.11. The fourth-order valence-corrected chi connectivity index (χ4v) is 2.61. The van der Waals surface area contributed by atoms with Crippen molar-refractivity contribution < 1.29 is 4.74 Å². The van der Waals surface area contributed by atoms with E-state index in [0.717, 1.165) is 19.0 Å². The number of piperidine rings is 1. The highest BCUT2D eigenvalue weighted by molar-refractivity contribution is 5.27. The van der Waals surface area contributed by atoms with Crippen molar-refractivity contribution in [2.45, 2.75) is 38.8 Å². The number of likely N-dealkylation sites (tertiary alicyclic amines) is 1. The van der Waals surface area contributed by atoms with Crippen molar-refractivity contribution in [2.75, 3.05) is 38.7 Å². The van der Waals surface area contributed by atoms with Crippen LogP contribution in [0.1, 0.15) is 26.2 Å². The number of aromatic nitrogens is 2. The summed E-state index contributed by atoms with van der Waals surface area (Å²) >= 11 is 0. The van der Waals surface area contributed by atoms with Crippen LogP contribution >= 0.6 is 0 Å². The Bertz CT molecular complexity index is 360. The zero-order valence-electron chi connectivity index (χ0n) is 12.1. The first-order chi connectivity index (χ1) is 9.29. The van der Waals surface area contributed by atoms with Gasteiger partial charge in [0, 0.05) is 38.6 Å². The third kappa shape index (κ3) is 4.51. The topological polar surface area (TPSA) is 42.3 Å². The average Bonchev–Trinajstić information content (AvgIpc) is 2.84. The van der Waals surface area contributed by atoms with E-state index in [2.05, 4.69) is 26.7 Å². The van der Waals surface area contributed by atoms with Gasteiger partial charge >= 0.3 is 0 Å². The quantitative estimate of drug-likeness (QED) is 0.817. The van der Waals surface area contributed by atoms with E-state index in [9.17, 15) is 0 Å². The molecule has 1 aromatic rings. The Morgan fingerprint density at radius 2 is 2.16 bits per heavy atom. The van der Waals surface area contributed by atoms with Crippen LogP contribution in [0.25, 0.3) is 0 Å². The van der Waals surface area contributed by atoms with Crippen LogP contribution in [-0.2, 0) is 11.3 Å². The van der Waals surface area contributed by atoms with Crippen molar-refractivity contribution >= 4 is 5.95 Å². The summed E-state index contributed by atoms with van der Waals surface area (Å²) in [5.41, 5.74) is 0. The molecule has 2 heterocycles. The van der Waals surface area contributed by atoms with Gasteiger partial charge in [-0.05, 0) is 32.9 Å². The fraction of sp³-hybridized carbons (Fsp3) is 0.786. The van der Waals surface area contributed by atoms with Gasteiger partial charge < -0.3 is 19.5 Å². The Labute approximate surface area is 116 Å². The minimum absolute atomic E-state index is 0.418. The number of imidazole rings is 1. The lowest BCUT2D eigenvalue weighted by Crippen LogP contribution is -2.38. The van der Waals surface area contributed by atoms with E-state index in [4.69, 9.17) is 4.74 Å². The minimum atomic E-state index is 0.418. The van der Waals surface area contributed by atoms with E-state index in [0.29, 0.717) is 12.6 Å². The van der Waals surface area contributed by atoms with Gasteiger partial charge in [-0.1, -0.05) is 6.42 Å². The summed E-state index contributed by atoms with van der Waals surface area (Å²) < 4.78 is 7.22. The molecule has 1 atom stereocenters. The summed E-state index contributed by atoms with van der Waals surface area (Å²) in [4.78, 5) is 6.93. The molecule has 5 heteroatoms. The molecule has 1 aliphatic rings. The van der Waals surface area contributed by atoms with Gasteiger partial charge in [-0.25, -0.2) is 4.98 Å². The molecular weight excluding hydrogens is 240 g/mol. The number of hydrogen-bond acceptors (Lipinski definition) is 4. The van der Waals surface area contributed by atoms with Gasteiger partial charge in [0.2, 0.25) is 5.95 Å². The maximum atomic E-state index is 5.11. The van der Waals surface area contributed by atoms with Gasteiger partial charge in [-0.15, -0.1) is 0 Å². The summed E-state index contributed by atoms with van der Waals surface area (Å²) in [6, 6.07) is 0.418. The van der Waals surface area contributed by atoms with Crippen LogP contribution in [0.15, 0.2) is 12.4 Å². The molecule has 1 aromatic heterocycles. The summed E-state index contributed by atoms with van der Waals surface area (Å²) in [6.07, 6.45) is 7.91. The van der Waals surface area contributed by atoms with Gasteiger partial charge in [0.1, 0.15) is 0 Å². The molecule has 0 radical (unpaired) electrons. The number of anilines is 1. The van der Waals surface area contributed by atoms with Gasteiger partial charge in [0.25, 0.3) is 0 Å². The van der Waals surface area contributed by atoms with Crippen LogP contribution in [0.3, 0.4) is 0 Å². The highest BCUT2D eigenvalue weighted by Gasteiger charge is 2.14. The first-order valence-corrected chi connectivity index (χ1v) is 7.28. The average molecular weight is 266 g/mol. The van der Waals surface area contributed by atoms with Crippen molar-refractivity contribution in [1.29, 1.82) is 0 Å². The molecule has 1 unspecified atom stereocenters. The second-order valence-corrected chi connectivity index (χ2v) is 5.34. The Balaban J connectivity index is 1.80. The largest absolute Gasteiger partial charge is 0.383 e. The van der Waals surface area contributed by atoms with Gasteiger partial charge in [-0.3, -0.25) is 0 Å². The molecule has 0 aromatic carbocycles. The number of hydrogen-bond donors (Lipinski definition) is 1. The van der Waals surface area contributed by atoms with E-state index in [1.165, 1.54) is 32.4 Å².